The molecule has 1 amide bonds. The molecule has 6 heteroatoms. The predicted octanol–water partition coefficient (Wildman–Crippen LogP) is 5.04. The summed E-state index contributed by atoms with van der Waals surface area (Å²) in [6.45, 7) is 0. The summed E-state index contributed by atoms with van der Waals surface area (Å²) in [6.07, 6.45) is 0. The molecule has 0 aliphatic rings. The molecule has 0 bridgehead atoms. The molecule has 0 radical (unpaired) electrons. The summed E-state index contributed by atoms with van der Waals surface area (Å²) in [5, 5.41) is 2.85. The van der Waals surface area contributed by atoms with Crippen molar-refractivity contribution in [3.63, 3.8) is 0 Å². The fraction of sp³-hybridized carbons (Fsp3) is 0. The van der Waals surface area contributed by atoms with Crippen LogP contribution in [0.15, 0.2) is 36.4 Å². The van der Waals surface area contributed by atoms with E-state index in [4.69, 9.17) is 34.8 Å². The summed E-state index contributed by atoms with van der Waals surface area (Å²) >= 11 is 17.3. The topological polar surface area (TPSA) is 29.1 Å². The SMILES string of the molecule is O=C(Nc1ccccc1Cl)c1cc(F)c(Cl)cc1Cl. The van der Waals surface area contributed by atoms with Gasteiger partial charge in [-0.25, -0.2) is 4.39 Å². The number of carbonyl (C=O) groups excluding carboxylic acids is 1. The molecule has 2 nitrogen and oxygen atoms in total. The van der Waals surface area contributed by atoms with Gasteiger partial charge in [0, 0.05) is 0 Å². The minimum absolute atomic E-state index is 0.0107. The van der Waals surface area contributed by atoms with Gasteiger partial charge in [0.25, 0.3) is 5.91 Å². The van der Waals surface area contributed by atoms with E-state index in [-0.39, 0.29) is 15.6 Å². The number of benzene rings is 2. The second-order valence-corrected chi connectivity index (χ2v) is 4.90. The first kappa shape index (κ1) is 14.1. The molecule has 2 aromatic rings. The van der Waals surface area contributed by atoms with Gasteiger partial charge in [-0.05, 0) is 24.3 Å². The molecule has 1 N–H and O–H groups in total. The second kappa shape index (κ2) is 5.78. The van der Waals surface area contributed by atoms with Crippen LogP contribution >= 0.6 is 34.8 Å². The van der Waals surface area contributed by atoms with Gasteiger partial charge >= 0.3 is 0 Å². The Labute approximate surface area is 124 Å². The molecule has 0 aromatic heterocycles. The highest BCUT2D eigenvalue weighted by Gasteiger charge is 2.15. The van der Waals surface area contributed by atoms with Crippen LogP contribution in [0.3, 0.4) is 0 Å². The van der Waals surface area contributed by atoms with E-state index in [9.17, 15) is 9.18 Å². The molecule has 0 aliphatic carbocycles. The van der Waals surface area contributed by atoms with Crippen LogP contribution < -0.4 is 5.32 Å². The Morgan fingerprint density at radius 1 is 1.00 bits per heavy atom. The van der Waals surface area contributed by atoms with Crippen molar-refractivity contribution in [3.8, 4) is 0 Å². The molecule has 0 spiro atoms. The monoisotopic (exact) mass is 317 g/mol. The second-order valence-electron chi connectivity index (χ2n) is 3.68. The van der Waals surface area contributed by atoms with Gasteiger partial charge in [-0.15, -0.1) is 0 Å². The van der Waals surface area contributed by atoms with Crippen LogP contribution in [-0.2, 0) is 0 Å². The zero-order chi connectivity index (χ0) is 14.0. The molecular weight excluding hydrogens is 312 g/mol. The van der Waals surface area contributed by atoms with Gasteiger partial charge in [0.1, 0.15) is 5.82 Å². The third-order valence-corrected chi connectivity index (χ3v) is 3.31. The summed E-state index contributed by atoms with van der Waals surface area (Å²) in [4.78, 5) is 12.0. The van der Waals surface area contributed by atoms with Crippen LogP contribution in [-0.4, -0.2) is 5.91 Å². The molecule has 0 aliphatic heterocycles. The third-order valence-electron chi connectivity index (χ3n) is 2.38. The van der Waals surface area contributed by atoms with Gasteiger partial charge in [-0.1, -0.05) is 46.9 Å². The highest BCUT2D eigenvalue weighted by atomic mass is 35.5. The van der Waals surface area contributed by atoms with Crippen LogP contribution in [0.1, 0.15) is 10.4 Å². The van der Waals surface area contributed by atoms with E-state index in [1.54, 1.807) is 24.3 Å². The van der Waals surface area contributed by atoms with Gasteiger partial charge in [-0.2, -0.15) is 0 Å². The maximum atomic E-state index is 13.3. The molecule has 0 atom stereocenters. The fourth-order valence-electron chi connectivity index (χ4n) is 1.45. The first-order chi connectivity index (χ1) is 8.99. The number of carbonyl (C=O) groups is 1. The lowest BCUT2D eigenvalue weighted by atomic mass is 10.2. The normalized spacial score (nSPS) is 10.3. The van der Waals surface area contributed by atoms with Crippen molar-refractivity contribution in [2.75, 3.05) is 5.32 Å². The Bertz CT molecular complexity index is 646. The Balaban J connectivity index is 2.31. The summed E-state index contributed by atoms with van der Waals surface area (Å²) in [6, 6.07) is 8.86. The smallest absolute Gasteiger partial charge is 0.257 e. The van der Waals surface area contributed by atoms with Crippen molar-refractivity contribution >= 4 is 46.4 Å². The van der Waals surface area contributed by atoms with Crippen LogP contribution in [0.25, 0.3) is 0 Å². The lowest BCUT2D eigenvalue weighted by Crippen LogP contribution is -2.13. The van der Waals surface area contributed by atoms with Crippen molar-refractivity contribution in [2.45, 2.75) is 0 Å². The Kier molecular flexibility index (Phi) is 4.30. The summed E-state index contributed by atoms with van der Waals surface area (Å²) in [7, 11) is 0. The molecule has 19 heavy (non-hydrogen) atoms. The molecule has 0 saturated heterocycles. The van der Waals surface area contributed by atoms with Crippen LogP contribution in [0.4, 0.5) is 10.1 Å². The molecule has 2 aromatic carbocycles. The maximum absolute atomic E-state index is 13.3. The lowest BCUT2D eigenvalue weighted by molar-refractivity contribution is 0.102. The number of hydrogen-bond donors (Lipinski definition) is 1. The minimum Gasteiger partial charge on any atom is -0.321 e. The highest BCUT2D eigenvalue weighted by Crippen LogP contribution is 2.26. The van der Waals surface area contributed by atoms with E-state index in [1.807, 2.05) is 0 Å². The van der Waals surface area contributed by atoms with Crippen molar-refractivity contribution in [1.82, 2.24) is 0 Å². The maximum Gasteiger partial charge on any atom is 0.257 e. The number of amides is 1. The lowest BCUT2D eigenvalue weighted by Gasteiger charge is -2.08. The van der Waals surface area contributed by atoms with Crippen molar-refractivity contribution in [3.05, 3.63) is 62.8 Å². The van der Waals surface area contributed by atoms with E-state index >= 15 is 0 Å². The van der Waals surface area contributed by atoms with E-state index in [2.05, 4.69) is 5.32 Å². The van der Waals surface area contributed by atoms with Crippen LogP contribution in [0.5, 0.6) is 0 Å². The Morgan fingerprint density at radius 2 is 1.68 bits per heavy atom. The summed E-state index contributed by atoms with van der Waals surface area (Å²) in [5.41, 5.74) is 0.407. The number of rotatable bonds is 2. The highest BCUT2D eigenvalue weighted by molar-refractivity contribution is 6.37. The van der Waals surface area contributed by atoms with Crippen LogP contribution in [0.2, 0.25) is 15.1 Å². The minimum atomic E-state index is -0.713. The van der Waals surface area contributed by atoms with E-state index in [0.29, 0.717) is 10.7 Å². The van der Waals surface area contributed by atoms with E-state index in [0.717, 1.165) is 6.07 Å². The number of anilines is 1. The number of para-hydroxylation sites is 1. The summed E-state index contributed by atoms with van der Waals surface area (Å²) in [5.74, 6) is -1.27. The van der Waals surface area contributed by atoms with Crippen molar-refractivity contribution < 1.29 is 9.18 Å². The average molecular weight is 319 g/mol. The zero-order valence-electron chi connectivity index (χ0n) is 9.38. The quantitative estimate of drug-likeness (QED) is 0.772. The molecule has 0 unspecified atom stereocenters. The molecule has 2 rings (SSSR count). The largest absolute Gasteiger partial charge is 0.321 e. The first-order valence-electron chi connectivity index (χ1n) is 5.19. The average Bonchev–Trinajstić information content (AvgIpc) is 2.36. The van der Waals surface area contributed by atoms with Gasteiger partial charge in [0.2, 0.25) is 0 Å². The standard InChI is InChI=1S/C13H7Cl3FNO/c14-8-3-1-2-4-12(8)18-13(19)7-5-11(17)10(16)6-9(7)15/h1-6H,(H,18,19). The van der Waals surface area contributed by atoms with Crippen molar-refractivity contribution in [2.24, 2.45) is 0 Å². The first-order valence-corrected chi connectivity index (χ1v) is 6.33. The third kappa shape index (κ3) is 3.18. The van der Waals surface area contributed by atoms with E-state index < -0.39 is 11.7 Å². The van der Waals surface area contributed by atoms with Gasteiger partial charge < -0.3 is 5.32 Å². The summed E-state index contributed by atoms with van der Waals surface area (Å²) < 4.78 is 13.3. The molecule has 0 fully saturated rings. The molecule has 0 saturated carbocycles. The van der Waals surface area contributed by atoms with Gasteiger partial charge in [-0.3, -0.25) is 4.79 Å². The van der Waals surface area contributed by atoms with E-state index in [1.165, 1.54) is 6.07 Å². The van der Waals surface area contributed by atoms with Gasteiger partial charge in [0.05, 0.1) is 26.3 Å². The number of hydrogen-bond acceptors (Lipinski definition) is 1. The molecular formula is C13H7Cl3FNO. The predicted molar refractivity (Wildman–Crippen MR) is 75.8 cm³/mol. The Hall–Kier alpha value is -1.29. The molecule has 0 heterocycles. The number of halogens is 4. The Morgan fingerprint density at radius 3 is 2.37 bits per heavy atom. The van der Waals surface area contributed by atoms with Gasteiger partial charge in [0.15, 0.2) is 0 Å². The molecule has 98 valence electrons. The fourth-order valence-corrected chi connectivity index (χ4v) is 2.10. The zero-order valence-corrected chi connectivity index (χ0v) is 11.7. The number of nitrogens with one attached hydrogen (secondary N) is 1. The van der Waals surface area contributed by atoms with Crippen LogP contribution in [0, 0.1) is 5.82 Å². The van der Waals surface area contributed by atoms with Crippen molar-refractivity contribution in [1.29, 1.82) is 0 Å².